The Balaban J connectivity index is 2.33. The first kappa shape index (κ1) is 14.8. The highest BCUT2D eigenvalue weighted by molar-refractivity contribution is 6.31. The van der Waals surface area contributed by atoms with Gasteiger partial charge in [0, 0.05) is 30.0 Å². The molecule has 0 saturated carbocycles. The lowest BCUT2D eigenvalue weighted by molar-refractivity contribution is -0.144. The molecule has 0 bridgehead atoms. The van der Waals surface area contributed by atoms with E-state index in [1.54, 1.807) is 0 Å². The second kappa shape index (κ2) is 6.20. The molecule has 1 aliphatic heterocycles. The van der Waals surface area contributed by atoms with Crippen LogP contribution < -0.4 is 5.32 Å². The Hall–Kier alpha value is -1.65. The molecule has 0 radical (unpaired) electrons. The van der Waals surface area contributed by atoms with E-state index < -0.39 is 11.5 Å². The molecule has 0 aromatic heterocycles. The number of aldehydes is 1. The average molecular weight is 294 g/mol. The Kier molecular flexibility index (Phi) is 4.57. The van der Waals surface area contributed by atoms with Gasteiger partial charge in [0.05, 0.1) is 0 Å². The van der Waals surface area contributed by atoms with E-state index in [0.29, 0.717) is 36.3 Å². The lowest BCUT2D eigenvalue weighted by Crippen LogP contribution is -2.53. The summed E-state index contributed by atoms with van der Waals surface area (Å²) in [5.41, 5.74) is 0.236. The van der Waals surface area contributed by atoms with E-state index in [2.05, 4.69) is 5.32 Å². The number of carbonyl (C=O) groups is 2. The molecule has 4 nitrogen and oxygen atoms in total. The molecular formula is C15H16ClNO3. The molecule has 2 rings (SSSR count). The van der Waals surface area contributed by atoms with E-state index in [9.17, 15) is 14.7 Å². The van der Waals surface area contributed by atoms with Crippen molar-refractivity contribution in [2.24, 2.45) is 0 Å². The van der Waals surface area contributed by atoms with Gasteiger partial charge in [0.2, 0.25) is 0 Å². The van der Waals surface area contributed by atoms with Gasteiger partial charge in [-0.25, -0.2) is 0 Å². The number of halogens is 1. The van der Waals surface area contributed by atoms with Crippen LogP contribution >= 0.6 is 11.6 Å². The minimum absolute atomic E-state index is 0.118. The molecule has 1 aromatic rings. The topological polar surface area (TPSA) is 66.4 Å². The third kappa shape index (κ3) is 3.08. The zero-order valence-electron chi connectivity index (χ0n) is 10.9. The molecule has 2 N–H and O–H groups in total. The molecule has 1 unspecified atom stereocenters. The molecule has 0 spiro atoms. The third-order valence-corrected chi connectivity index (χ3v) is 3.94. The van der Waals surface area contributed by atoms with Crippen LogP contribution in [-0.4, -0.2) is 29.4 Å². The first-order valence-electron chi connectivity index (χ1n) is 6.42. The summed E-state index contributed by atoms with van der Waals surface area (Å²) in [6.45, 7) is 0.420. The minimum Gasteiger partial charge on any atom is -0.480 e. The van der Waals surface area contributed by atoms with Crippen LogP contribution in [0.4, 0.5) is 0 Å². The van der Waals surface area contributed by atoms with Gasteiger partial charge in [-0.2, -0.15) is 0 Å². The van der Waals surface area contributed by atoms with Crippen molar-refractivity contribution >= 4 is 23.9 Å². The van der Waals surface area contributed by atoms with Gasteiger partial charge in [0.15, 0.2) is 0 Å². The highest BCUT2D eigenvalue weighted by atomic mass is 35.5. The van der Waals surface area contributed by atoms with Gasteiger partial charge in [0.1, 0.15) is 11.8 Å². The van der Waals surface area contributed by atoms with E-state index >= 15 is 0 Å². The molecular weight excluding hydrogens is 278 g/mol. The van der Waals surface area contributed by atoms with Crippen molar-refractivity contribution in [2.45, 2.75) is 24.8 Å². The molecule has 0 amide bonds. The van der Waals surface area contributed by atoms with E-state index in [1.807, 2.05) is 30.3 Å². The smallest absolute Gasteiger partial charge is 0.324 e. The Morgan fingerprint density at radius 3 is 2.70 bits per heavy atom. The van der Waals surface area contributed by atoms with Crippen LogP contribution in [0.25, 0.3) is 0 Å². The number of carbonyl (C=O) groups excluding carboxylic acids is 1. The lowest BCUT2D eigenvalue weighted by Gasteiger charge is -2.29. The summed E-state index contributed by atoms with van der Waals surface area (Å²) in [5.74, 6) is -0.952. The first-order chi connectivity index (χ1) is 9.57. The van der Waals surface area contributed by atoms with E-state index in [-0.39, 0.29) is 6.42 Å². The maximum Gasteiger partial charge on any atom is 0.324 e. The molecule has 0 saturated heterocycles. The number of carboxylic acid groups (broad SMARTS) is 1. The number of nitrogens with one attached hydrogen (secondary N) is 1. The molecule has 0 fully saturated rings. The fourth-order valence-electron chi connectivity index (χ4n) is 2.43. The number of rotatable bonds is 4. The van der Waals surface area contributed by atoms with Crippen LogP contribution in [0.3, 0.4) is 0 Å². The second-order valence-electron chi connectivity index (χ2n) is 4.95. The fraction of sp³-hybridized carbons (Fsp3) is 0.333. The molecule has 1 atom stereocenters. The monoisotopic (exact) mass is 293 g/mol. The molecule has 0 aliphatic carbocycles. The van der Waals surface area contributed by atoms with Crippen molar-refractivity contribution in [1.29, 1.82) is 0 Å². The second-order valence-corrected chi connectivity index (χ2v) is 5.41. The Morgan fingerprint density at radius 1 is 1.40 bits per heavy atom. The summed E-state index contributed by atoms with van der Waals surface area (Å²) in [6, 6.07) is 9.39. The lowest BCUT2D eigenvalue weighted by atomic mass is 9.87. The molecule has 106 valence electrons. The predicted octanol–water partition coefficient (Wildman–Crippen LogP) is 2.13. The van der Waals surface area contributed by atoms with Gasteiger partial charge >= 0.3 is 5.97 Å². The largest absolute Gasteiger partial charge is 0.480 e. The third-order valence-electron chi connectivity index (χ3n) is 3.56. The van der Waals surface area contributed by atoms with Gasteiger partial charge < -0.3 is 10.4 Å². The number of hydrogen-bond acceptors (Lipinski definition) is 3. The molecule has 1 aromatic carbocycles. The number of benzene rings is 1. The van der Waals surface area contributed by atoms with Gasteiger partial charge in [-0.15, -0.1) is 0 Å². The van der Waals surface area contributed by atoms with Crippen molar-refractivity contribution in [1.82, 2.24) is 5.32 Å². The first-order valence-corrected chi connectivity index (χ1v) is 6.80. The van der Waals surface area contributed by atoms with Crippen LogP contribution in [0.1, 0.15) is 18.4 Å². The summed E-state index contributed by atoms with van der Waals surface area (Å²) in [7, 11) is 0. The van der Waals surface area contributed by atoms with Crippen LogP contribution in [0.5, 0.6) is 0 Å². The quantitative estimate of drug-likeness (QED) is 0.835. The standard InChI is InChI=1S/C15H16ClNO3/c16-13-9-15(14(19)20,17-7-6-12(13)10-18)8-11-4-2-1-3-5-11/h1-5,10,17H,6-9H2,(H,19,20). The van der Waals surface area contributed by atoms with Gasteiger partial charge in [-0.3, -0.25) is 9.59 Å². The molecule has 1 heterocycles. The van der Waals surface area contributed by atoms with Gasteiger partial charge in [-0.1, -0.05) is 41.9 Å². The summed E-state index contributed by atoms with van der Waals surface area (Å²) in [5, 5.41) is 13.0. The number of carboxylic acids is 1. The SMILES string of the molecule is O=CC1=C(Cl)CC(Cc2ccccc2)(C(=O)O)NCC1. The van der Waals surface area contributed by atoms with Crippen molar-refractivity contribution in [3.63, 3.8) is 0 Å². The number of aliphatic carboxylic acids is 1. The van der Waals surface area contributed by atoms with Crippen LogP contribution in [-0.2, 0) is 16.0 Å². The molecule has 20 heavy (non-hydrogen) atoms. The average Bonchev–Trinajstić information content (AvgIpc) is 2.59. The normalized spacial score (nSPS) is 23.2. The summed E-state index contributed by atoms with van der Waals surface area (Å²) in [4.78, 5) is 22.7. The van der Waals surface area contributed by atoms with Gasteiger partial charge in [0.25, 0.3) is 0 Å². The zero-order chi connectivity index (χ0) is 14.6. The Bertz CT molecular complexity index is 541. The van der Waals surface area contributed by atoms with Crippen LogP contribution in [0, 0.1) is 0 Å². The molecule has 1 aliphatic rings. The van der Waals surface area contributed by atoms with Gasteiger partial charge in [-0.05, 0) is 12.0 Å². The van der Waals surface area contributed by atoms with Crippen molar-refractivity contribution in [3.05, 3.63) is 46.5 Å². The Morgan fingerprint density at radius 2 is 2.10 bits per heavy atom. The summed E-state index contributed by atoms with van der Waals surface area (Å²) >= 11 is 6.13. The highest BCUT2D eigenvalue weighted by Crippen LogP contribution is 2.29. The maximum absolute atomic E-state index is 11.7. The van der Waals surface area contributed by atoms with Crippen molar-refractivity contribution in [3.8, 4) is 0 Å². The maximum atomic E-state index is 11.7. The fourth-order valence-corrected chi connectivity index (χ4v) is 2.80. The van der Waals surface area contributed by atoms with E-state index in [1.165, 1.54) is 0 Å². The van der Waals surface area contributed by atoms with Crippen LogP contribution in [0.15, 0.2) is 40.9 Å². The highest BCUT2D eigenvalue weighted by Gasteiger charge is 2.40. The summed E-state index contributed by atoms with van der Waals surface area (Å²) in [6.07, 6.45) is 1.61. The van der Waals surface area contributed by atoms with Crippen molar-refractivity contribution < 1.29 is 14.7 Å². The molecule has 5 heteroatoms. The number of hydrogen-bond donors (Lipinski definition) is 2. The summed E-state index contributed by atoms with van der Waals surface area (Å²) < 4.78 is 0. The predicted molar refractivity (Wildman–Crippen MR) is 76.7 cm³/mol. The van der Waals surface area contributed by atoms with E-state index in [0.717, 1.165) is 5.56 Å². The van der Waals surface area contributed by atoms with Crippen LogP contribution in [0.2, 0.25) is 0 Å². The Labute approximate surface area is 122 Å². The van der Waals surface area contributed by atoms with E-state index in [4.69, 9.17) is 11.6 Å². The zero-order valence-corrected chi connectivity index (χ0v) is 11.7. The minimum atomic E-state index is -1.16. The van der Waals surface area contributed by atoms with Crippen molar-refractivity contribution in [2.75, 3.05) is 6.54 Å².